The molecule has 1 saturated carbocycles. The molecule has 0 spiro atoms. The third-order valence-electron chi connectivity index (χ3n) is 3.40. The van der Waals surface area contributed by atoms with Crippen molar-refractivity contribution in [3.63, 3.8) is 0 Å². The monoisotopic (exact) mass is 269 g/mol. The Morgan fingerprint density at radius 3 is 2.21 bits per heavy atom. The summed E-state index contributed by atoms with van der Waals surface area (Å²) in [7, 11) is 0. The Balaban J connectivity index is 0.000000550. The third kappa shape index (κ3) is 5.88. The van der Waals surface area contributed by atoms with Crippen LogP contribution in [-0.2, 0) is 14.3 Å². The smallest absolute Gasteiger partial charge is 0.410 e. The first-order valence-corrected chi connectivity index (χ1v) is 6.84. The normalized spacial score (nSPS) is 22.9. The number of carbonyl (C=O) groups is 1. The highest BCUT2D eigenvalue weighted by atomic mass is 16.6. The van der Waals surface area contributed by atoms with Crippen molar-refractivity contribution in [2.75, 3.05) is 13.1 Å². The van der Waals surface area contributed by atoms with Crippen LogP contribution in [0.5, 0.6) is 0 Å². The van der Waals surface area contributed by atoms with E-state index in [4.69, 9.17) is 14.3 Å². The van der Waals surface area contributed by atoms with E-state index in [0.29, 0.717) is 0 Å². The lowest BCUT2D eigenvalue weighted by atomic mass is 9.94. The van der Waals surface area contributed by atoms with E-state index in [1.165, 1.54) is 19.3 Å². The molecule has 1 heterocycles. The van der Waals surface area contributed by atoms with Crippen LogP contribution in [0.25, 0.3) is 0 Å². The third-order valence-corrected chi connectivity index (χ3v) is 3.40. The number of hydrogen-bond acceptors (Lipinski definition) is 4. The van der Waals surface area contributed by atoms with Crippen LogP contribution in [0.1, 0.15) is 46.5 Å². The van der Waals surface area contributed by atoms with Gasteiger partial charge in [0.15, 0.2) is 0 Å². The number of rotatable bonds is 1. The van der Waals surface area contributed by atoms with Gasteiger partial charge in [0.1, 0.15) is 5.60 Å². The number of ether oxygens (including phenoxy) is 1. The lowest BCUT2D eigenvalue weighted by Crippen LogP contribution is -2.43. The van der Waals surface area contributed by atoms with Crippen LogP contribution in [0, 0.1) is 11.8 Å². The Morgan fingerprint density at radius 2 is 1.74 bits per heavy atom. The van der Waals surface area contributed by atoms with Crippen molar-refractivity contribution in [3.8, 4) is 0 Å². The van der Waals surface area contributed by atoms with Crippen LogP contribution < -0.4 is 0 Å². The molecule has 1 amide bonds. The van der Waals surface area contributed by atoms with Gasteiger partial charge < -0.3 is 9.64 Å². The molecule has 1 aliphatic heterocycles. The lowest BCUT2D eigenvalue weighted by Gasteiger charge is -2.34. The molecule has 108 valence electrons. The molecule has 1 unspecified atom stereocenters. The summed E-state index contributed by atoms with van der Waals surface area (Å²) in [5, 5.41) is 0. The SMILES string of the molecule is CC(C)(C)OC(=O)N1CCCC(C2CC2)C1.O=C=O. The lowest BCUT2D eigenvalue weighted by molar-refractivity contribution is -0.191. The van der Waals surface area contributed by atoms with E-state index < -0.39 is 0 Å². The molecule has 5 heteroatoms. The molecule has 2 rings (SSSR count). The number of carbonyl (C=O) groups excluding carboxylic acids is 3. The Bertz CT molecular complexity index is 338. The van der Waals surface area contributed by atoms with Gasteiger partial charge in [0, 0.05) is 13.1 Å². The van der Waals surface area contributed by atoms with Gasteiger partial charge >= 0.3 is 12.2 Å². The summed E-state index contributed by atoms with van der Waals surface area (Å²) < 4.78 is 5.41. The number of likely N-dealkylation sites (tertiary alicyclic amines) is 1. The summed E-state index contributed by atoms with van der Waals surface area (Å²) >= 11 is 0. The largest absolute Gasteiger partial charge is 0.444 e. The number of nitrogens with zero attached hydrogens (tertiary/aromatic N) is 1. The second kappa shape index (κ2) is 6.71. The van der Waals surface area contributed by atoms with E-state index in [-0.39, 0.29) is 17.8 Å². The first-order valence-electron chi connectivity index (χ1n) is 6.84. The van der Waals surface area contributed by atoms with Crippen molar-refractivity contribution < 1.29 is 19.1 Å². The van der Waals surface area contributed by atoms with E-state index in [2.05, 4.69) is 0 Å². The summed E-state index contributed by atoms with van der Waals surface area (Å²) in [6, 6.07) is 0. The zero-order valence-corrected chi connectivity index (χ0v) is 12.0. The van der Waals surface area contributed by atoms with Gasteiger partial charge in [-0.15, -0.1) is 0 Å². The molecule has 0 aromatic carbocycles. The fourth-order valence-electron chi connectivity index (χ4n) is 2.45. The van der Waals surface area contributed by atoms with Gasteiger partial charge in [0.2, 0.25) is 0 Å². The van der Waals surface area contributed by atoms with Crippen LogP contribution in [0.4, 0.5) is 4.79 Å². The van der Waals surface area contributed by atoms with Crippen molar-refractivity contribution in [2.45, 2.75) is 52.1 Å². The van der Waals surface area contributed by atoms with Crippen molar-refractivity contribution in [1.29, 1.82) is 0 Å². The quantitative estimate of drug-likeness (QED) is 0.733. The second-order valence-electron chi connectivity index (χ2n) is 6.25. The topological polar surface area (TPSA) is 63.7 Å². The minimum atomic E-state index is -0.371. The molecule has 0 bridgehead atoms. The molecule has 2 aliphatic rings. The number of hydrogen-bond donors (Lipinski definition) is 0. The summed E-state index contributed by atoms with van der Waals surface area (Å²) in [6.07, 6.45) is 5.29. The van der Waals surface area contributed by atoms with E-state index >= 15 is 0 Å². The standard InChI is InChI=1S/C13H23NO2.CO2/c1-13(2,3)16-12(15)14-8-4-5-11(9-14)10-6-7-10;2-1-3/h10-11H,4-9H2,1-3H3;. The molecule has 2 fully saturated rings. The fourth-order valence-corrected chi connectivity index (χ4v) is 2.45. The molecule has 0 radical (unpaired) electrons. The second-order valence-corrected chi connectivity index (χ2v) is 6.25. The van der Waals surface area contributed by atoms with Gasteiger partial charge in [0.05, 0.1) is 0 Å². The molecule has 5 nitrogen and oxygen atoms in total. The van der Waals surface area contributed by atoms with Crippen LogP contribution in [0.2, 0.25) is 0 Å². The van der Waals surface area contributed by atoms with Crippen LogP contribution in [0.3, 0.4) is 0 Å². The Hall–Kier alpha value is -1.35. The van der Waals surface area contributed by atoms with E-state index in [9.17, 15) is 4.79 Å². The molecule has 1 atom stereocenters. The predicted octanol–water partition coefficient (Wildman–Crippen LogP) is 2.46. The maximum atomic E-state index is 11.9. The van der Waals surface area contributed by atoms with Gasteiger partial charge in [-0.05, 0) is 58.3 Å². The maximum absolute atomic E-state index is 11.9. The van der Waals surface area contributed by atoms with Crippen molar-refractivity contribution in [3.05, 3.63) is 0 Å². The van der Waals surface area contributed by atoms with E-state index in [1.807, 2.05) is 25.7 Å². The minimum absolute atomic E-state index is 0.127. The van der Waals surface area contributed by atoms with Gasteiger partial charge in [-0.3, -0.25) is 0 Å². The molecular weight excluding hydrogens is 246 g/mol. The van der Waals surface area contributed by atoms with Crippen LogP contribution >= 0.6 is 0 Å². The first-order chi connectivity index (χ1) is 8.87. The minimum Gasteiger partial charge on any atom is -0.444 e. The Labute approximate surface area is 114 Å². The summed E-state index contributed by atoms with van der Waals surface area (Å²) in [4.78, 5) is 30.1. The van der Waals surface area contributed by atoms with Gasteiger partial charge in [0.25, 0.3) is 0 Å². The predicted molar refractivity (Wildman–Crippen MR) is 68.3 cm³/mol. The molecule has 1 saturated heterocycles. The average Bonchev–Trinajstić information content (AvgIpc) is 3.12. The molecular formula is C14H23NO4. The maximum Gasteiger partial charge on any atom is 0.410 e. The van der Waals surface area contributed by atoms with Crippen molar-refractivity contribution in [2.24, 2.45) is 11.8 Å². The zero-order chi connectivity index (χ0) is 14.5. The number of piperidine rings is 1. The van der Waals surface area contributed by atoms with Gasteiger partial charge in [-0.1, -0.05) is 0 Å². The molecule has 19 heavy (non-hydrogen) atoms. The summed E-state index contributed by atoms with van der Waals surface area (Å²) in [6.45, 7) is 7.56. The van der Waals surface area contributed by atoms with Crippen LogP contribution in [-0.4, -0.2) is 35.8 Å². The van der Waals surface area contributed by atoms with Crippen molar-refractivity contribution >= 4 is 12.2 Å². The Kier molecular flexibility index (Phi) is 5.55. The Morgan fingerprint density at radius 1 is 1.16 bits per heavy atom. The van der Waals surface area contributed by atoms with E-state index in [1.54, 1.807) is 0 Å². The summed E-state index contributed by atoms with van der Waals surface area (Å²) in [5.41, 5.74) is -0.371. The zero-order valence-electron chi connectivity index (χ0n) is 12.0. The molecule has 0 N–H and O–H groups in total. The number of amides is 1. The molecule has 1 aliphatic carbocycles. The molecule has 0 aromatic heterocycles. The first kappa shape index (κ1) is 15.7. The highest BCUT2D eigenvalue weighted by Gasteiger charge is 2.36. The highest BCUT2D eigenvalue weighted by Crippen LogP contribution is 2.41. The summed E-state index contributed by atoms with van der Waals surface area (Å²) in [5.74, 6) is 1.63. The highest BCUT2D eigenvalue weighted by molar-refractivity contribution is 5.68. The van der Waals surface area contributed by atoms with Crippen molar-refractivity contribution in [1.82, 2.24) is 4.90 Å². The molecule has 0 aromatic rings. The average molecular weight is 269 g/mol. The van der Waals surface area contributed by atoms with Gasteiger partial charge in [-0.2, -0.15) is 9.59 Å². The van der Waals surface area contributed by atoms with E-state index in [0.717, 1.165) is 31.3 Å². The fraction of sp³-hybridized carbons (Fsp3) is 0.857. The van der Waals surface area contributed by atoms with Crippen LogP contribution in [0.15, 0.2) is 0 Å². The van der Waals surface area contributed by atoms with Gasteiger partial charge in [-0.25, -0.2) is 4.79 Å².